The lowest BCUT2D eigenvalue weighted by Gasteiger charge is -2.33. The van der Waals surface area contributed by atoms with Gasteiger partial charge in [0.05, 0.1) is 19.3 Å². The maximum Gasteiger partial charge on any atom is 0.244 e. The van der Waals surface area contributed by atoms with E-state index in [4.69, 9.17) is 5.11 Å². The van der Waals surface area contributed by atoms with Crippen molar-refractivity contribution in [3.05, 3.63) is 12.4 Å². The minimum absolute atomic E-state index is 0.0632. The van der Waals surface area contributed by atoms with Gasteiger partial charge in [0.1, 0.15) is 4.90 Å². The number of aromatic nitrogens is 2. The summed E-state index contributed by atoms with van der Waals surface area (Å²) in [5.41, 5.74) is -0.351. The first-order chi connectivity index (χ1) is 8.95. The molecule has 1 aromatic rings. The van der Waals surface area contributed by atoms with Crippen LogP contribution in [0.25, 0.3) is 0 Å². The van der Waals surface area contributed by atoms with Gasteiger partial charge in [0.15, 0.2) is 0 Å². The molecule has 1 aromatic heterocycles. The van der Waals surface area contributed by atoms with Crippen LogP contribution in [0, 0.1) is 0 Å². The zero-order valence-corrected chi connectivity index (χ0v) is 12.0. The summed E-state index contributed by atoms with van der Waals surface area (Å²) in [4.78, 5) is 0.160. The average molecular weight is 287 g/mol. The van der Waals surface area contributed by atoms with Crippen molar-refractivity contribution >= 4 is 10.0 Å². The van der Waals surface area contributed by atoms with Gasteiger partial charge in [0, 0.05) is 11.7 Å². The van der Waals surface area contributed by atoms with Gasteiger partial charge in [-0.2, -0.15) is 5.10 Å². The molecule has 0 bridgehead atoms. The van der Waals surface area contributed by atoms with Crippen LogP contribution in [0.1, 0.15) is 39.0 Å². The molecule has 0 atom stereocenters. The van der Waals surface area contributed by atoms with Gasteiger partial charge in [-0.05, 0) is 19.8 Å². The zero-order valence-electron chi connectivity index (χ0n) is 11.2. The highest BCUT2D eigenvalue weighted by Crippen LogP contribution is 2.29. The molecule has 1 heterocycles. The number of aliphatic hydroxyl groups is 1. The molecule has 1 aliphatic rings. The van der Waals surface area contributed by atoms with Gasteiger partial charge < -0.3 is 5.11 Å². The molecule has 0 aromatic carbocycles. The van der Waals surface area contributed by atoms with E-state index in [1.807, 2.05) is 6.92 Å². The largest absolute Gasteiger partial charge is 0.394 e. The van der Waals surface area contributed by atoms with Crippen molar-refractivity contribution in [3.8, 4) is 0 Å². The third-order valence-corrected chi connectivity index (χ3v) is 5.18. The predicted octanol–water partition coefficient (Wildman–Crippen LogP) is 0.876. The van der Waals surface area contributed by atoms with E-state index >= 15 is 0 Å². The van der Waals surface area contributed by atoms with E-state index in [-0.39, 0.29) is 17.0 Å². The Labute approximate surface area is 113 Å². The Kier molecular flexibility index (Phi) is 4.27. The number of nitrogens with one attached hydrogen (secondary N) is 1. The van der Waals surface area contributed by atoms with Crippen molar-refractivity contribution < 1.29 is 13.5 Å². The Balaban J connectivity index is 2.12. The molecule has 0 radical (unpaired) electrons. The molecular formula is C12H21N3O3S. The van der Waals surface area contributed by atoms with Crippen molar-refractivity contribution in [3.63, 3.8) is 0 Å². The lowest BCUT2D eigenvalue weighted by molar-refractivity contribution is 0.269. The first-order valence-electron chi connectivity index (χ1n) is 6.62. The summed E-state index contributed by atoms with van der Waals surface area (Å²) in [6.45, 7) is 2.20. The van der Waals surface area contributed by atoms with Crippen LogP contribution in [-0.4, -0.2) is 35.5 Å². The van der Waals surface area contributed by atoms with Crippen LogP contribution in [0.3, 0.4) is 0 Å². The van der Waals surface area contributed by atoms with E-state index in [1.165, 1.54) is 23.5 Å². The summed E-state index contributed by atoms with van der Waals surface area (Å²) >= 11 is 0. The van der Waals surface area contributed by atoms with Crippen molar-refractivity contribution in [1.29, 1.82) is 0 Å². The van der Waals surface area contributed by atoms with Gasteiger partial charge in [0.2, 0.25) is 10.0 Å². The molecule has 0 aliphatic heterocycles. The predicted molar refractivity (Wildman–Crippen MR) is 71.1 cm³/mol. The van der Waals surface area contributed by atoms with E-state index in [9.17, 15) is 8.42 Å². The topological polar surface area (TPSA) is 84.2 Å². The SMILES string of the molecule is CC1(NS(=O)(=O)c2cnn(CCO)c2)CCCCC1. The van der Waals surface area contributed by atoms with Gasteiger partial charge in [-0.15, -0.1) is 0 Å². The molecule has 0 spiro atoms. The summed E-state index contributed by atoms with van der Waals surface area (Å²) in [7, 11) is -3.53. The minimum atomic E-state index is -3.53. The maximum absolute atomic E-state index is 12.3. The molecule has 108 valence electrons. The van der Waals surface area contributed by atoms with Crippen molar-refractivity contribution in [2.24, 2.45) is 0 Å². The molecule has 19 heavy (non-hydrogen) atoms. The summed E-state index contributed by atoms with van der Waals surface area (Å²) in [5, 5.41) is 12.7. The number of sulfonamides is 1. The maximum atomic E-state index is 12.3. The Morgan fingerprint density at radius 1 is 1.42 bits per heavy atom. The molecule has 6 nitrogen and oxygen atoms in total. The van der Waals surface area contributed by atoms with E-state index in [0.717, 1.165) is 25.7 Å². The number of hydrogen-bond acceptors (Lipinski definition) is 4. The van der Waals surface area contributed by atoms with Crippen LogP contribution in [-0.2, 0) is 16.6 Å². The standard InChI is InChI=1S/C12H21N3O3S/c1-12(5-3-2-4-6-12)14-19(17,18)11-9-13-15(10-11)7-8-16/h9-10,14,16H,2-8H2,1H3. The number of aliphatic hydroxyl groups excluding tert-OH is 1. The molecule has 0 unspecified atom stereocenters. The van der Waals surface area contributed by atoms with E-state index < -0.39 is 10.0 Å². The van der Waals surface area contributed by atoms with E-state index in [1.54, 1.807) is 0 Å². The second-order valence-corrected chi connectivity index (χ2v) is 7.07. The number of rotatable bonds is 5. The van der Waals surface area contributed by atoms with Crippen LogP contribution < -0.4 is 4.72 Å². The van der Waals surface area contributed by atoms with Gasteiger partial charge in [-0.25, -0.2) is 13.1 Å². The lowest BCUT2D eigenvalue weighted by Crippen LogP contribution is -2.46. The monoisotopic (exact) mass is 287 g/mol. The second kappa shape index (κ2) is 5.60. The fourth-order valence-electron chi connectivity index (χ4n) is 2.53. The molecule has 7 heteroatoms. The van der Waals surface area contributed by atoms with Crippen LogP contribution in [0.2, 0.25) is 0 Å². The Hall–Kier alpha value is -0.920. The normalized spacial score (nSPS) is 19.5. The van der Waals surface area contributed by atoms with Crippen LogP contribution in [0.5, 0.6) is 0 Å². The molecular weight excluding hydrogens is 266 g/mol. The average Bonchev–Trinajstić information content (AvgIpc) is 2.78. The third-order valence-electron chi connectivity index (χ3n) is 3.59. The van der Waals surface area contributed by atoms with Gasteiger partial charge in [-0.3, -0.25) is 4.68 Å². The summed E-state index contributed by atoms with van der Waals surface area (Å²) in [6.07, 6.45) is 7.81. The Morgan fingerprint density at radius 2 is 2.11 bits per heavy atom. The van der Waals surface area contributed by atoms with Crippen LogP contribution in [0.4, 0.5) is 0 Å². The first kappa shape index (κ1) is 14.5. The van der Waals surface area contributed by atoms with Crippen molar-refractivity contribution in [2.45, 2.75) is 56.0 Å². The van der Waals surface area contributed by atoms with Crippen LogP contribution >= 0.6 is 0 Å². The van der Waals surface area contributed by atoms with Gasteiger partial charge >= 0.3 is 0 Å². The minimum Gasteiger partial charge on any atom is -0.394 e. The Morgan fingerprint density at radius 3 is 2.74 bits per heavy atom. The highest BCUT2D eigenvalue weighted by Gasteiger charge is 2.32. The molecule has 2 rings (SSSR count). The lowest BCUT2D eigenvalue weighted by atomic mass is 9.84. The summed E-state index contributed by atoms with van der Waals surface area (Å²) < 4.78 is 28.8. The number of hydrogen-bond donors (Lipinski definition) is 2. The first-order valence-corrected chi connectivity index (χ1v) is 8.11. The molecule has 0 amide bonds. The van der Waals surface area contributed by atoms with Crippen molar-refractivity contribution in [1.82, 2.24) is 14.5 Å². The summed E-state index contributed by atoms with van der Waals surface area (Å²) in [6, 6.07) is 0. The highest BCUT2D eigenvalue weighted by molar-refractivity contribution is 7.89. The fraction of sp³-hybridized carbons (Fsp3) is 0.750. The molecule has 1 saturated carbocycles. The van der Waals surface area contributed by atoms with E-state index in [2.05, 4.69) is 9.82 Å². The highest BCUT2D eigenvalue weighted by atomic mass is 32.2. The van der Waals surface area contributed by atoms with Gasteiger partial charge in [-0.1, -0.05) is 19.3 Å². The quantitative estimate of drug-likeness (QED) is 0.842. The summed E-state index contributed by atoms with van der Waals surface area (Å²) in [5.74, 6) is 0. The van der Waals surface area contributed by atoms with Crippen LogP contribution in [0.15, 0.2) is 17.3 Å². The van der Waals surface area contributed by atoms with Gasteiger partial charge in [0.25, 0.3) is 0 Å². The number of nitrogens with zero attached hydrogens (tertiary/aromatic N) is 2. The molecule has 1 fully saturated rings. The Bertz CT molecular complexity index is 518. The fourth-order valence-corrected chi connectivity index (χ4v) is 3.94. The second-order valence-electron chi connectivity index (χ2n) is 5.39. The third kappa shape index (κ3) is 3.55. The molecule has 2 N–H and O–H groups in total. The molecule has 0 saturated heterocycles. The smallest absolute Gasteiger partial charge is 0.244 e. The van der Waals surface area contributed by atoms with E-state index in [0.29, 0.717) is 6.54 Å². The zero-order chi connectivity index (χ0) is 13.9. The van der Waals surface area contributed by atoms with Crippen molar-refractivity contribution in [2.75, 3.05) is 6.61 Å². The molecule has 1 aliphatic carbocycles.